The Morgan fingerprint density at radius 1 is 1.30 bits per heavy atom. The molecule has 0 saturated carbocycles. The van der Waals surface area contributed by atoms with Crippen LogP contribution in [0.1, 0.15) is 16.8 Å². The van der Waals surface area contributed by atoms with E-state index >= 15 is 0 Å². The van der Waals surface area contributed by atoms with Gasteiger partial charge in [0.25, 0.3) is 0 Å². The van der Waals surface area contributed by atoms with Gasteiger partial charge in [-0.15, -0.1) is 0 Å². The predicted molar refractivity (Wildman–Crippen MR) is 83.0 cm³/mol. The summed E-state index contributed by atoms with van der Waals surface area (Å²) in [5.41, 5.74) is 5.34. The Morgan fingerprint density at radius 2 is 2.05 bits per heavy atom. The van der Waals surface area contributed by atoms with Crippen molar-refractivity contribution in [2.75, 3.05) is 24.3 Å². The zero-order chi connectivity index (χ0) is 14.7. The van der Waals surface area contributed by atoms with Gasteiger partial charge in [-0.2, -0.15) is 5.26 Å². The molecule has 2 aromatic rings. The van der Waals surface area contributed by atoms with Crippen LogP contribution in [0.2, 0.25) is 0 Å². The lowest BCUT2D eigenvalue weighted by Crippen LogP contribution is -2.10. The van der Waals surface area contributed by atoms with Gasteiger partial charge in [-0.3, -0.25) is 0 Å². The molecular weight excluding hydrogens is 248 g/mol. The van der Waals surface area contributed by atoms with Crippen molar-refractivity contribution in [3.63, 3.8) is 0 Å². The molecule has 0 aliphatic rings. The molecule has 1 aromatic heterocycles. The fourth-order valence-electron chi connectivity index (χ4n) is 2.25. The average Bonchev–Trinajstić information content (AvgIpc) is 2.78. The van der Waals surface area contributed by atoms with E-state index in [0.29, 0.717) is 12.2 Å². The Kier molecular flexibility index (Phi) is 3.99. The van der Waals surface area contributed by atoms with E-state index in [0.717, 1.165) is 11.3 Å². The van der Waals surface area contributed by atoms with Crippen molar-refractivity contribution in [3.05, 3.63) is 47.3 Å². The maximum absolute atomic E-state index is 8.95. The van der Waals surface area contributed by atoms with Crippen LogP contribution in [0.25, 0.3) is 0 Å². The molecule has 2 rings (SSSR count). The van der Waals surface area contributed by atoms with Gasteiger partial charge in [0.1, 0.15) is 11.8 Å². The monoisotopic (exact) mass is 268 g/mol. The summed E-state index contributed by atoms with van der Waals surface area (Å²) in [6.45, 7) is 2.82. The first kappa shape index (κ1) is 14.0. The van der Waals surface area contributed by atoms with Crippen LogP contribution < -0.4 is 10.2 Å². The number of nitriles is 1. The number of aryl methyl sites for hydroxylation is 2. The molecule has 4 nitrogen and oxygen atoms in total. The summed E-state index contributed by atoms with van der Waals surface area (Å²) < 4.78 is 1.84. The Labute approximate surface area is 120 Å². The lowest BCUT2D eigenvalue weighted by Gasteiger charge is -2.17. The molecule has 0 unspecified atom stereocenters. The number of anilines is 2. The van der Waals surface area contributed by atoms with Crippen LogP contribution in [0.5, 0.6) is 0 Å². The Balaban J connectivity index is 2.11. The first-order valence-electron chi connectivity index (χ1n) is 6.58. The molecule has 0 amide bonds. The largest absolute Gasteiger partial charge is 0.381 e. The van der Waals surface area contributed by atoms with Crippen LogP contribution >= 0.6 is 0 Å². The molecule has 20 heavy (non-hydrogen) atoms. The fourth-order valence-corrected chi connectivity index (χ4v) is 2.25. The standard InChI is InChI=1S/C16H20N4/c1-12-5-6-14(8-16(12)19(2)3)18-10-13-7-15(9-17)20(4)11-13/h5-8,11,18H,10H2,1-4H3. The van der Waals surface area contributed by atoms with Gasteiger partial charge >= 0.3 is 0 Å². The summed E-state index contributed by atoms with van der Waals surface area (Å²) >= 11 is 0. The maximum Gasteiger partial charge on any atom is 0.120 e. The molecule has 1 N–H and O–H groups in total. The van der Waals surface area contributed by atoms with E-state index in [1.165, 1.54) is 11.3 Å². The number of nitrogens with one attached hydrogen (secondary N) is 1. The maximum atomic E-state index is 8.95. The molecule has 1 heterocycles. The van der Waals surface area contributed by atoms with E-state index in [-0.39, 0.29) is 0 Å². The molecular formula is C16H20N4. The van der Waals surface area contributed by atoms with Crippen LogP contribution in [0.4, 0.5) is 11.4 Å². The van der Waals surface area contributed by atoms with E-state index < -0.39 is 0 Å². The third-order valence-electron chi connectivity index (χ3n) is 3.36. The molecule has 0 fully saturated rings. The van der Waals surface area contributed by atoms with Crippen LogP contribution in [0, 0.1) is 18.3 Å². The van der Waals surface area contributed by atoms with Crippen molar-refractivity contribution >= 4 is 11.4 Å². The second-order valence-corrected chi connectivity index (χ2v) is 5.21. The summed E-state index contributed by atoms with van der Waals surface area (Å²) in [5, 5.41) is 12.3. The molecule has 4 heteroatoms. The highest BCUT2D eigenvalue weighted by molar-refractivity contribution is 5.61. The first-order chi connectivity index (χ1) is 9.51. The number of hydrogen-bond donors (Lipinski definition) is 1. The topological polar surface area (TPSA) is 44.0 Å². The minimum Gasteiger partial charge on any atom is -0.381 e. The van der Waals surface area contributed by atoms with Gasteiger partial charge in [0, 0.05) is 45.3 Å². The van der Waals surface area contributed by atoms with Gasteiger partial charge in [0.15, 0.2) is 0 Å². The third-order valence-corrected chi connectivity index (χ3v) is 3.36. The van der Waals surface area contributed by atoms with Gasteiger partial charge in [0.05, 0.1) is 0 Å². The Bertz CT molecular complexity index is 647. The van der Waals surface area contributed by atoms with Crippen molar-refractivity contribution in [1.82, 2.24) is 4.57 Å². The van der Waals surface area contributed by atoms with E-state index in [2.05, 4.69) is 41.4 Å². The second kappa shape index (κ2) is 5.70. The minimum absolute atomic E-state index is 0.680. The number of benzene rings is 1. The number of nitrogens with zero attached hydrogens (tertiary/aromatic N) is 3. The lowest BCUT2D eigenvalue weighted by molar-refractivity contribution is 0.902. The highest BCUT2D eigenvalue weighted by Gasteiger charge is 2.04. The highest BCUT2D eigenvalue weighted by atomic mass is 15.1. The molecule has 0 saturated heterocycles. The van der Waals surface area contributed by atoms with Crippen LogP contribution in [-0.2, 0) is 13.6 Å². The van der Waals surface area contributed by atoms with Crippen LogP contribution in [0.15, 0.2) is 30.5 Å². The van der Waals surface area contributed by atoms with Crippen molar-refractivity contribution in [2.45, 2.75) is 13.5 Å². The van der Waals surface area contributed by atoms with Crippen molar-refractivity contribution in [1.29, 1.82) is 5.26 Å². The van der Waals surface area contributed by atoms with E-state index in [4.69, 9.17) is 5.26 Å². The van der Waals surface area contributed by atoms with E-state index in [9.17, 15) is 0 Å². The summed E-state index contributed by atoms with van der Waals surface area (Å²) in [7, 11) is 5.98. The summed E-state index contributed by atoms with van der Waals surface area (Å²) in [6, 6.07) is 10.4. The molecule has 0 radical (unpaired) electrons. The van der Waals surface area contributed by atoms with Gasteiger partial charge in [-0.1, -0.05) is 6.07 Å². The predicted octanol–water partition coefficient (Wildman–Crippen LogP) is 2.88. The summed E-state index contributed by atoms with van der Waals surface area (Å²) in [5.74, 6) is 0. The Hall–Kier alpha value is -2.41. The van der Waals surface area contributed by atoms with Gasteiger partial charge in [0.2, 0.25) is 0 Å². The van der Waals surface area contributed by atoms with Crippen molar-refractivity contribution < 1.29 is 0 Å². The normalized spacial score (nSPS) is 10.2. The van der Waals surface area contributed by atoms with Crippen LogP contribution in [-0.4, -0.2) is 18.7 Å². The van der Waals surface area contributed by atoms with Gasteiger partial charge < -0.3 is 14.8 Å². The average molecular weight is 268 g/mol. The number of hydrogen-bond acceptors (Lipinski definition) is 3. The third kappa shape index (κ3) is 2.94. The molecule has 1 aromatic carbocycles. The SMILES string of the molecule is Cc1ccc(NCc2cc(C#N)n(C)c2)cc1N(C)C. The zero-order valence-electron chi connectivity index (χ0n) is 12.4. The van der Waals surface area contributed by atoms with Crippen molar-refractivity contribution in [3.8, 4) is 6.07 Å². The smallest absolute Gasteiger partial charge is 0.120 e. The quantitative estimate of drug-likeness (QED) is 0.927. The first-order valence-corrected chi connectivity index (χ1v) is 6.58. The molecule has 0 aliphatic heterocycles. The number of rotatable bonds is 4. The van der Waals surface area contributed by atoms with Crippen LogP contribution in [0.3, 0.4) is 0 Å². The molecule has 104 valence electrons. The minimum atomic E-state index is 0.680. The fraction of sp³-hybridized carbons (Fsp3) is 0.312. The molecule has 0 spiro atoms. The van der Waals surface area contributed by atoms with Gasteiger partial charge in [-0.05, 0) is 36.2 Å². The Morgan fingerprint density at radius 3 is 2.65 bits per heavy atom. The second-order valence-electron chi connectivity index (χ2n) is 5.21. The van der Waals surface area contributed by atoms with Crippen molar-refractivity contribution in [2.24, 2.45) is 7.05 Å². The number of aromatic nitrogens is 1. The molecule has 0 atom stereocenters. The van der Waals surface area contributed by atoms with E-state index in [1.54, 1.807) is 0 Å². The van der Waals surface area contributed by atoms with E-state index in [1.807, 2.05) is 38.0 Å². The highest BCUT2D eigenvalue weighted by Crippen LogP contribution is 2.23. The summed E-state index contributed by atoms with van der Waals surface area (Å²) in [6.07, 6.45) is 1.98. The molecule has 0 bridgehead atoms. The summed E-state index contributed by atoms with van der Waals surface area (Å²) in [4.78, 5) is 2.11. The van der Waals surface area contributed by atoms with Gasteiger partial charge in [-0.25, -0.2) is 0 Å². The molecule has 0 aliphatic carbocycles. The zero-order valence-corrected chi connectivity index (χ0v) is 12.4. The lowest BCUT2D eigenvalue weighted by atomic mass is 10.1.